The minimum Gasteiger partial charge on any atom is -0.389 e. The number of benzene rings is 1. The van der Waals surface area contributed by atoms with E-state index in [0.29, 0.717) is 10.4 Å². The van der Waals surface area contributed by atoms with E-state index in [1.54, 1.807) is 0 Å². The Balaban J connectivity index is 2.06. The minimum absolute atomic E-state index is 0.469. The predicted octanol–water partition coefficient (Wildman–Crippen LogP) is 2.95. The van der Waals surface area contributed by atoms with Gasteiger partial charge in [-0.2, -0.15) is 0 Å². The molecule has 0 atom stereocenters. The van der Waals surface area contributed by atoms with Crippen LogP contribution in [0.4, 0.5) is 5.69 Å². The lowest BCUT2D eigenvalue weighted by Crippen LogP contribution is -2.37. The first-order valence-corrected chi connectivity index (χ1v) is 6.54. The molecular formula is C14H20N2S. The molecule has 0 saturated carbocycles. The van der Waals surface area contributed by atoms with E-state index in [9.17, 15) is 0 Å². The maximum atomic E-state index is 5.60. The third kappa shape index (κ3) is 2.97. The Labute approximate surface area is 109 Å². The molecular weight excluding hydrogens is 228 g/mol. The summed E-state index contributed by atoms with van der Waals surface area (Å²) in [5.41, 5.74) is 8.31. The van der Waals surface area contributed by atoms with Crippen molar-refractivity contribution < 1.29 is 0 Å². The van der Waals surface area contributed by atoms with Crippen LogP contribution in [0, 0.1) is 5.41 Å². The molecule has 17 heavy (non-hydrogen) atoms. The molecule has 3 heteroatoms. The molecule has 2 rings (SSSR count). The second kappa shape index (κ2) is 4.65. The van der Waals surface area contributed by atoms with E-state index in [4.69, 9.17) is 18.0 Å². The fourth-order valence-corrected chi connectivity index (χ4v) is 2.34. The van der Waals surface area contributed by atoms with Crippen molar-refractivity contribution in [2.75, 3.05) is 18.0 Å². The third-order valence-corrected chi connectivity index (χ3v) is 3.87. The first kappa shape index (κ1) is 12.4. The van der Waals surface area contributed by atoms with Gasteiger partial charge in [-0.25, -0.2) is 0 Å². The summed E-state index contributed by atoms with van der Waals surface area (Å²) in [6.07, 6.45) is 2.51. The Morgan fingerprint density at radius 3 is 2.18 bits per heavy atom. The van der Waals surface area contributed by atoms with Gasteiger partial charge >= 0.3 is 0 Å². The summed E-state index contributed by atoms with van der Waals surface area (Å²) in [6.45, 7) is 6.97. The summed E-state index contributed by atoms with van der Waals surface area (Å²) in [7, 11) is 0. The lowest BCUT2D eigenvalue weighted by atomic mass is 9.82. The topological polar surface area (TPSA) is 29.3 Å². The van der Waals surface area contributed by atoms with Crippen LogP contribution in [0.1, 0.15) is 32.3 Å². The van der Waals surface area contributed by atoms with E-state index < -0.39 is 0 Å². The van der Waals surface area contributed by atoms with E-state index in [2.05, 4.69) is 30.9 Å². The van der Waals surface area contributed by atoms with Crippen LogP contribution in [0.15, 0.2) is 24.3 Å². The number of hydrogen-bond acceptors (Lipinski definition) is 2. The molecule has 0 bridgehead atoms. The summed E-state index contributed by atoms with van der Waals surface area (Å²) in [4.78, 5) is 2.91. The van der Waals surface area contributed by atoms with Crippen LogP contribution < -0.4 is 10.6 Å². The number of nitrogens with zero attached hydrogens (tertiary/aromatic N) is 1. The average Bonchev–Trinajstić information content (AvgIpc) is 2.29. The SMILES string of the molecule is CC1(C)CCN(c2ccc(C(N)=S)cc2)CC1. The summed E-state index contributed by atoms with van der Waals surface area (Å²) in [6, 6.07) is 8.26. The van der Waals surface area contributed by atoms with Gasteiger partial charge in [0.15, 0.2) is 0 Å². The Kier molecular flexibility index (Phi) is 3.38. The lowest BCUT2D eigenvalue weighted by Gasteiger charge is -2.38. The second-order valence-electron chi connectivity index (χ2n) is 5.56. The third-order valence-electron chi connectivity index (χ3n) is 3.63. The van der Waals surface area contributed by atoms with E-state index in [0.717, 1.165) is 18.7 Å². The monoisotopic (exact) mass is 248 g/mol. The van der Waals surface area contributed by atoms with Crippen molar-refractivity contribution in [3.8, 4) is 0 Å². The first-order valence-electron chi connectivity index (χ1n) is 6.13. The normalized spacial score (nSPS) is 19.1. The van der Waals surface area contributed by atoms with Gasteiger partial charge < -0.3 is 10.6 Å². The van der Waals surface area contributed by atoms with Gasteiger partial charge in [0.05, 0.1) is 0 Å². The number of rotatable bonds is 2. The van der Waals surface area contributed by atoms with Crippen LogP contribution >= 0.6 is 12.2 Å². The van der Waals surface area contributed by atoms with E-state index in [-0.39, 0.29) is 0 Å². The fourth-order valence-electron chi connectivity index (χ4n) is 2.21. The van der Waals surface area contributed by atoms with Crippen LogP contribution in [0.3, 0.4) is 0 Å². The van der Waals surface area contributed by atoms with Gasteiger partial charge in [-0.3, -0.25) is 0 Å². The maximum Gasteiger partial charge on any atom is 0.103 e. The van der Waals surface area contributed by atoms with Gasteiger partial charge in [-0.1, -0.05) is 26.1 Å². The molecule has 2 nitrogen and oxygen atoms in total. The zero-order valence-corrected chi connectivity index (χ0v) is 11.4. The number of anilines is 1. The second-order valence-corrected chi connectivity index (χ2v) is 6.00. The van der Waals surface area contributed by atoms with Gasteiger partial charge in [0.2, 0.25) is 0 Å². The molecule has 0 amide bonds. The molecule has 1 heterocycles. The molecule has 0 aliphatic carbocycles. The van der Waals surface area contributed by atoms with Crippen LogP contribution in [0.25, 0.3) is 0 Å². The standard InChI is InChI=1S/C14H20N2S/c1-14(2)7-9-16(10-8-14)12-5-3-11(4-6-12)13(15)17/h3-6H,7-10H2,1-2H3,(H2,15,17). The summed E-state index contributed by atoms with van der Waals surface area (Å²) >= 11 is 4.96. The Hall–Kier alpha value is -1.09. The van der Waals surface area contributed by atoms with Crippen LogP contribution in [0.2, 0.25) is 0 Å². The van der Waals surface area contributed by atoms with Crippen molar-refractivity contribution >= 4 is 22.9 Å². The largest absolute Gasteiger partial charge is 0.389 e. The van der Waals surface area contributed by atoms with Crippen LogP contribution in [-0.2, 0) is 0 Å². The molecule has 92 valence electrons. The van der Waals surface area contributed by atoms with Gasteiger partial charge in [0.1, 0.15) is 4.99 Å². The molecule has 1 fully saturated rings. The van der Waals surface area contributed by atoms with E-state index >= 15 is 0 Å². The molecule has 1 aliphatic heterocycles. The number of hydrogen-bond donors (Lipinski definition) is 1. The van der Waals surface area contributed by atoms with Crippen molar-refractivity contribution in [1.29, 1.82) is 0 Å². The van der Waals surface area contributed by atoms with Crippen molar-refractivity contribution in [3.05, 3.63) is 29.8 Å². The Bertz CT molecular complexity index is 399. The highest BCUT2D eigenvalue weighted by Crippen LogP contribution is 2.32. The van der Waals surface area contributed by atoms with E-state index in [1.165, 1.54) is 18.5 Å². The predicted molar refractivity (Wildman–Crippen MR) is 77.6 cm³/mol. The maximum absolute atomic E-state index is 5.60. The highest BCUT2D eigenvalue weighted by Gasteiger charge is 2.25. The highest BCUT2D eigenvalue weighted by molar-refractivity contribution is 7.80. The van der Waals surface area contributed by atoms with Gasteiger partial charge in [-0.05, 0) is 42.5 Å². The summed E-state index contributed by atoms with van der Waals surface area (Å²) in [5, 5.41) is 0. The van der Waals surface area contributed by atoms with E-state index in [1.807, 2.05) is 12.1 Å². The molecule has 0 spiro atoms. The molecule has 0 radical (unpaired) electrons. The van der Waals surface area contributed by atoms with Crippen molar-refractivity contribution in [2.45, 2.75) is 26.7 Å². The summed E-state index contributed by atoms with van der Waals surface area (Å²) < 4.78 is 0. The smallest absolute Gasteiger partial charge is 0.103 e. The Morgan fingerprint density at radius 1 is 1.18 bits per heavy atom. The molecule has 1 aromatic rings. The Morgan fingerprint density at radius 2 is 1.71 bits per heavy atom. The minimum atomic E-state index is 0.469. The average molecular weight is 248 g/mol. The van der Waals surface area contributed by atoms with Gasteiger partial charge in [0, 0.05) is 24.3 Å². The van der Waals surface area contributed by atoms with Crippen LogP contribution in [-0.4, -0.2) is 18.1 Å². The first-order chi connectivity index (χ1) is 7.98. The quantitative estimate of drug-likeness (QED) is 0.816. The zero-order chi connectivity index (χ0) is 12.5. The molecule has 1 aliphatic rings. The van der Waals surface area contributed by atoms with Crippen molar-refractivity contribution in [2.24, 2.45) is 11.1 Å². The number of nitrogens with two attached hydrogens (primary N) is 1. The highest BCUT2D eigenvalue weighted by atomic mass is 32.1. The number of piperidine rings is 1. The molecule has 1 saturated heterocycles. The van der Waals surface area contributed by atoms with Gasteiger partial charge in [-0.15, -0.1) is 0 Å². The van der Waals surface area contributed by atoms with Crippen molar-refractivity contribution in [3.63, 3.8) is 0 Å². The zero-order valence-electron chi connectivity index (χ0n) is 10.6. The lowest BCUT2D eigenvalue weighted by molar-refractivity contribution is 0.280. The number of thiocarbonyl (C=S) groups is 1. The molecule has 1 aromatic carbocycles. The van der Waals surface area contributed by atoms with Crippen LogP contribution in [0.5, 0.6) is 0 Å². The van der Waals surface area contributed by atoms with Gasteiger partial charge in [0.25, 0.3) is 0 Å². The molecule has 0 aromatic heterocycles. The fraction of sp³-hybridized carbons (Fsp3) is 0.500. The molecule has 2 N–H and O–H groups in total. The molecule has 0 unspecified atom stereocenters. The van der Waals surface area contributed by atoms with Crippen molar-refractivity contribution in [1.82, 2.24) is 0 Å². The summed E-state index contributed by atoms with van der Waals surface area (Å²) in [5.74, 6) is 0.